The standard InChI is InChI=1S/C24H31N7O/c1-3-4-11-32-24-28-22(26)21-12-20(13-25)31(23(21)29-24)16-19-7-5-18(6-8-19)15-30-10-9-27-17(2)14-30/h5-8,12,17,27H,3-4,9-11,14-16H2,1-2H3,(H2,26,28,29). The van der Waals surface area contributed by atoms with Crippen LogP contribution in [0.5, 0.6) is 6.01 Å². The molecule has 1 fully saturated rings. The van der Waals surface area contributed by atoms with Crippen LogP contribution in [0.2, 0.25) is 0 Å². The molecule has 1 aliphatic rings. The number of piperazine rings is 1. The van der Waals surface area contributed by atoms with E-state index >= 15 is 0 Å². The van der Waals surface area contributed by atoms with Crippen LogP contribution in [0.25, 0.3) is 11.0 Å². The monoisotopic (exact) mass is 433 g/mol. The van der Waals surface area contributed by atoms with Crippen molar-refractivity contribution in [2.24, 2.45) is 0 Å². The van der Waals surface area contributed by atoms with E-state index in [0.717, 1.165) is 44.6 Å². The fraction of sp³-hybridized carbons (Fsp3) is 0.458. The lowest BCUT2D eigenvalue weighted by atomic mass is 10.1. The molecule has 3 aromatic rings. The predicted molar refractivity (Wildman–Crippen MR) is 125 cm³/mol. The first-order valence-corrected chi connectivity index (χ1v) is 11.3. The number of nitrogens with one attached hydrogen (secondary N) is 1. The average molecular weight is 434 g/mol. The highest BCUT2D eigenvalue weighted by atomic mass is 16.5. The number of nitrogens with zero attached hydrogens (tertiary/aromatic N) is 5. The van der Waals surface area contributed by atoms with Gasteiger partial charge in [-0.05, 0) is 30.5 Å². The van der Waals surface area contributed by atoms with E-state index < -0.39 is 0 Å². The van der Waals surface area contributed by atoms with Crippen molar-refractivity contribution in [2.75, 3.05) is 32.0 Å². The van der Waals surface area contributed by atoms with Gasteiger partial charge in [0.05, 0.1) is 18.5 Å². The first-order chi connectivity index (χ1) is 15.6. The minimum absolute atomic E-state index is 0.257. The number of nitrogens with two attached hydrogens (primary N) is 1. The smallest absolute Gasteiger partial charge is 0.320 e. The summed E-state index contributed by atoms with van der Waals surface area (Å²) < 4.78 is 7.55. The Kier molecular flexibility index (Phi) is 6.88. The Morgan fingerprint density at radius 2 is 1.97 bits per heavy atom. The van der Waals surface area contributed by atoms with Gasteiger partial charge in [0.15, 0.2) is 5.65 Å². The Hall–Kier alpha value is -3.15. The molecule has 8 nitrogen and oxygen atoms in total. The van der Waals surface area contributed by atoms with Crippen molar-refractivity contribution >= 4 is 16.9 Å². The van der Waals surface area contributed by atoms with Crippen LogP contribution in [-0.2, 0) is 13.1 Å². The summed E-state index contributed by atoms with van der Waals surface area (Å²) in [5, 5.41) is 13.8. The molecule has 0 amide bonds. The van der Waals surface area contributed by atoms with E-state index in [2.05, 4.69) is 64.4 Å². The van der Waals surface area contributed by atoms with Crippen LogP contribution < -0.4 is 15.8 Å². The average Bonchev–Trinajstić information content (AvgIpc) is 3.13. The number of nitriles is 1. The maximum Gasteiger partial charge on any atom is 0.320 e. The summed E-state index contributed by atoms with van der Waals surface area (Å²) >= 11 is 0. The topological polar surface area (TPSA) is 105 Å². The highest BCUT2D eigenvalue weighted by molar-refractivity contribution is 5.88. The fourth-order valence-corrected chi connectivity index (χ4v) is 4.10. The number of benzene rings is 1. The van der Waals surface area contributed by atoms with Crippen LogP contribution in [0.3, 0.4) is 0 Å². The van der Waals surface area contributed by atoms with Gasteiger partial charge in [0.1, 0.15) is 17.6 Å². The molecule has 32 heavy (non-hydrogen) atoms. The lowest BCUT2D eigenvalue weighted by Crippen LogP contribution is -2.48. The number of aromatic nitrogens is 3. The highest BCUT2D eigenvalue weighted by Gasteiger charge is 2.17. The molecule has 1 unspecified atom stereocenters. The highest BCUT2D eigenvalue weighted by Crippen LogP contribution is 2.26. The number of nitrogen functional groups attached to an aromatic ring is 1. The Morgan fingerprint density at radius 1 is 1.22 bits per heavy atom. The Balaban J connectivity index is 1.54. The number of fused-ring (bicyclic) bond motifs is 1. The fourth-order valence-electron chi connectivity index (χ4n) is 4.10. The normalized spacial score (nSPS) is 16.8. The molecular formula is C24H31N7O. The van der Waals surface area contributed by atoms with E-state index in [1.165, 1.54) is 5.56 Å². The quantitative estimate of drug-likeness (QED) is 0.526. The molecule has 1 aromatic carbocycles. The van der Waals surface area contributed by atoms with Gasteiger partial charge in [-0.3, -0.25) is 4.90 Å². The van der Waals surface area contributed by atoms with Gasteiger partial charge in [-0.1, -0.05) is 37.6 Å². The van der Waals surface area contributed by atoms with Crippen LogP contribution in [-0.4, -0.2) is 51.7 Å². The summed E-state index contributed by atoms with van der Waals surface area (Å²) in [6, 6.07) is 13.4. The van der Waals surface area contributed by atoms with Crippen molar-refractivity contribution in [2.45, 2.75) is 45.8 Å². The number of hydrogen-bond acceptors (Lipinski definition) is 7. The third-order valence-electron chi connectivity index (χ3n) is 5.83. The van der Waals surface area contributed by atoms with Gasteiger partial charge in [-0.2, -0.15) is 15.2 Å². The number of rotatable bonds is 8. The third kappa shape index (κ3) is 5.01. The summed E-state index contributed by atoms with van der Waals surface area (Å²) in [6.07, 6.45) is 1.95. The SMILES string of the molecule is CCCCOc1nc(N)c2cc(C#N)n(Cc3ccc(CN4CCNC(C)C4)cc3)c2n1. The van der Waals surface area contributed by atoms with Crippen molar-refractivity contribution in [3.8, 4) is 12.1 Å². The zero-order valence-electron chi connectivity index (χ0n) is 18.8. The molecule has 1 saturated heterocycles. The predicted octanol–water partition coefficient (Wildman–Crippen LogP) is 2.91. The second-order valence-corrected chi connectivity index (χ2v) is 8.47. The minimum Gasteiger partial charge on any atom is -0.463 e. The van der Waals surface area contributed by atoms with Crippen LogP contribution in [0, 0.1) is 11.3 Å². The summed E-state index contributed by atoms with van der Waals surface area (Å²) in [4.78, 5) is 11.3. The molecule has 0 aliphatic carbocycles. The van der Waals surface area contributed by atoms with Gasteiger partial charge in [-0.25, -0.2) is 0 Å². The molecule has 0 saturated carbocycles. The Bertz CT molecular complexity index is 1100. The lowest BCUT2D eigenvalue weighted by Gasteiger charge is -2.31. The number of unbranched alkanes of at least 4 members (excludes halogenated alkanes) is 1. The van der Waals surface area contributed by atoms with Crippen LogP contribution in [0.1, 0.15) is 43.5 Å². The van der Waals surface area contributed by atoms with E-state index in [9.17, 15) is 5.26 Å². The summed E-state index contributed by atoms with van der Waals surface area (Å²) in [7, 11) is 0. The second kappa shape index (κ2) is 9.98. The summed E-state index contributed by atoms with van der Waals surface area (Å²) in [6.45, 7) is 9.50. The second-order valence-electron chi connectivity index (χ2n) is 8.47. The molecule has 1 atom stereocenters. The van der Waals surface area contributed by atoms with E-state index in [0.29, 0.717) is 41.7 Å². The molecule has 0 bridgehead atoms. The van der Waals surface area contributed by atoms with E-state index in [1.807, 2.05) is 4.57 Å². The maximum atomic E-state index is 9.68. The number of anilines is 1. The van der Waals surface area contributed by atoms with Crippen LogP contribution in [0.4, 0.5) is 5.82 Å². The van der Waals surface area contributed by atoms with Gasteiger partial charge in [0.2, 0.25) is 0 Å². The van der Waals surface area contributed by atoms with Gasteiger partial charge in [0.25, 0.3) is 0 Å². The van der Waals surface area contributed by atoms with E-state index in [-0.39, 0.29) is 6.01 Å². The van der Waals surface area contributed by atoms with Gasteiger partial charge in [0, 0.05) is 32.2 Å². The molecule has 0 spiro atoms. The van der Waals surface area contributed by atoms with Crippen LogP contribution >= 0.6 is 0 Å². The third-order valence-corrected chi connectivity index (χ3v) is 5.83. The molecule has 3 N–H and O–H groups in total. The maximum absolute atomic E-state index is 9.68. The molecule has 1 aliphatic heterocycles. The Labute approximate surface area is 189 Å². The van der Waals surface area contributed by atoms with Gasteiger partial charge >= 0.3 is 6.01 Å². The van der Waals surface area contributed by atoms with Gasteiger partial charge in [-0.15, -0.1) is 0 Å². The minimum atomic E-state index is 0.257. The molecule has 4 rings (SSSR count). The summed E-state index contributed by atoms with van der Waals surface area (Å²) in [5.74, 6) is 0.331. The number of hydrogen-bond donors (Lipinski definition) is 2. The molecule has 168 valence electrons. The summed E-state index contributed by atoms with van der Waals surface area (Å²) in [5.41, 5.74) is 9.67. The van der Waals surface area contributed by atoms with Crippen molar-refractivity contribution < 1.29 is 4.74 Å². The number of ether oxygens (including phenoxy) is 1. The first-order valence-electron chi connectivity index (χ1n) is 11.3. The zero-order chi connectivity index (χ0) is 22.5. The molecule has 2 aromatic heterocycles. The van der Waals surface area contributed by atoms with Gasteiger partial charge < -0.3 is 20.4 Å². The molecule has 3 heterocycles. The molecule has 0 radical (unpaired) electrons. The van der Waals surface area contributed by atoms with Crippen molar-refractivity contribution in [3.63, 3.8) is 0 Å². The Morgan fingerprint density at radius 3 is 2.66 bits per heavy atom. The molecular weight excluding hydrogens is 402 g/mol. The lowest BCUT2D eigenvalue weighted by molar-refractivity contribution is 0.199. The van der Waals surface area contributed by atoms with Crippen molar-refractivity contribution in [1.82, 2.24) is 24.8 Å². The first kappa shape index (κ1) is 22.1. The van der Waals surface area contributed by atoms with E-state index in [1.54, 1.807) is 6.07 Å². The van der Waals surface area contributed by atoms with E-state index in [4.69, 9.17) is 10.5 Å². The molecule has 8 heteroatoms. The zero-order valence-corrected chi connectivity index (χ0v) is 18.8. The van der Waals surface area contributed by atoms with Crippen molar-refractivity contribution in [1.29, 1.82) is 5.26 Å². The van der Waals surface area contributed by atoms with Crippen molar-refractivity contribution in [3.05, 3.63) is 47.2 Å². The largest absolute Gasteiger partial charge is 0.463 e. The van der Waals surface area contributed by atoms with Crippen LogP contribution in [0.15, 0.2) is 30.3 Å².